The van der Waals surface area contributed by atoms with Crippen LogP contribution in [0.3, 0.4) is 0 Å². The van der Waals surface area contributed by atoms with Crippen molar-refractivity contribution in [3.63, 3.8) is 0 Å². The largest absolute Gasteiger partial charge is 0.349 e. The summed E-state index contributed by atoms with van der Waals surface area (Å²) in [5.74, 6) is -0.232. The van der Waals surface area contributed by atoms with Crippen LogP contribution in [-0.4, -0.2) is 20.7 Å². The lowest BCUT2D eigenvalue weighted by molar-refractivity contribution is -0.121. The topological polar surface area (TPSA) is 79.8 Å². The van der Waals surface area contributed by atoms with Crippen LogP contribution in [0.25, 0.3) is 0 Å². The number of H-pyrrole nitrogens is 1. The maximum atomic E-state index is 11.7. The van der Waals surface area contributed by atoms with E-state index in [2.05, 4.69) is 31.4 Å². The second-order valence-electron chi connectivity index (χ2n) is 3.67. The Labute approximate surface area is 111 Å². The molecular formula is C11H11BrN4O2. The number of rotatable bonds is 4. The Morgan fingerprint density at radius 3 is 3.00 bits per heavy atom. The maximum absolute atomic E-state index is 11.7. The van der Waals surface area contributed by atoms with Gasteiger partial charge in [0.05, 0.1) is 12.2 Å². The molecule has 2 N–H and O–H groups in total. The highest BCUT2D eigenvalue weighted by Crippen LogP contribution is 2.04. The summed E-state index contributed by atoms with van der Waals surface area (Å²) in [6.45, 7) is 0.355. The van der Waals surface area contributed by atoms with Crippen LogP contribution in [0, 0.1) is 0 Å². The van der Waals surface area contributed by atoms with Crippen molar-refractivity contribution in [2.75, 3.05) is 0 Å². The lowest BCUT2D eigenvalue weighted by atomic mass is 10.4. The number of amides is 1. The van der Waals surface area contributed by atoms with Gasteiger partial charge in [-0.3, -0.25) is 14.7 Å². The van der Waals surface area contributed by atoms with E-state index in [0.717, 1.165) is 10.2 Å². The van der Waals surface area contributed by atoms with Gasteiger partial charge in [-0.1, -0.05) is 0 Å². The molecule has 2 aromatic rings. The summed E-state index contributed by atoms with van der Waals surface area (Å²) >= 11 is 3.25. The molecule has 94 valence electrons. The Bertz CT molecular complexity index is 591. The highest BCUT2D eigenvalue weighted by Gasteiger charge is 2.05. The standard InChI is InChI=1S/C11H11BrN4O2/c12-8-1-2-11(18)16(6-8)7-10(17)13-5-9-3-4-14-15-9/h1-4,6H,5,7H2,(H,13,17)(H,14,15). The molecule has 0 saturated carbocycles. The molecule has 0 saturated heterocycles. The first-order valence-electron chi connectivity index (χ1n) is 5.26. The van der Waals surface area contributed by atoms with Crippen molar-refractivity contribution >= 4 is 21.8 Å². The summed E-state index contributed by atoms with van der Waals surface area (Å²) in [5, 5.41) is 9.20. The normalized spacial score (nSPS) is 10.3. The number of carbonyl (C=O) groups is 1. The van der Waals surface area contributed by atoms with E-state index in [-0.39, 0.29) is 18.0 Å². The third kappa shape index (κ3) is 3.30. The van der Waals surface area contributed by atoms with Gasteiger partial charge in [-0.05, 0) is 28.1 Å². The number of nitrogens with zero attached hydrogens (tertiary/aromatic N) is 2. The quantitative estimate of drug-likeness (QED) is 0.870. The third-order valence-corrected chi connectivity index (χ3v) is 2.76. The van der Waals surface area contributed by atoms with Gasteiger partial charge in [-0.15, -0.1) is 0 Å². The van der Waals surface area contributed by atoms with Crippen molar-refractivity contribution in [2.45, 2.75) is 13.1 Å². The first kappa shape index (κ1) is 12.6. The summed E-state index contributed by atoms with van der Waals surface area (Å²) in [4.78, 5) is 23.1. The van der Waals surface area contributed by atoms with Crippen LogP contribution in [0.15, 0.2) is 39.9 Å². The fourth-order valence-electron chi connectivity index (χ4n) is 1.41. The van der Waals surface area contributed by atoms with Crippen molar-refractivity contribution in [1.29, 1.82) is 0 Å². The van der Waals surface area contributed by atoms with Crippen LogP contribution in [0.5, 0.6) is 0 Å². The van der Waals surface area contributed by atoms with Crippen LogP contribution < -0.4 is 10.9 Å². The molecule has 0 unspecified atom stereocenters. The number of halogens is 1. The highest BCUT2D eigenvalue weighted by molar-refractivity contribution is 9.10. The van der Waals surface area contributed by atoms with Crippen molar-refractivity contribution in [2.24, 2.45) is 0 Å². The molecule has 0 radical (unpaired) electrons. The van der Waals surface area contributed by atoms with E-state index in [4.69, 9.17) is 0 Å². The number of aromatic amines is 1. The molecular weight excluding hydrogens is 300 g/mol. The van der Waals surface area contributed by atoms with Gasteiger partial charge in [-0.2, -0.15) is 5.10 Å². The molecule has 6 nitrogen and oxygen atoms in total. The summed E-state index contributed by atoms with van der Waals surface area (Å²) in [6, 6.07) is 4.82. The number of hydrogen-bond acceptors (Lipinski definition) is 3. The number of hydrogen-bond donors (Lipinski definition) is 2. The molecule has 0 aromatic carbocycles. The summed E-state index contributed by atoms with van der Waals surface area (Å²) < 4.78 is 2.09. The molecule has 2 rings (SSSR count). The summed E-state index contributed by atoms with van der Waals surface area (Å²) in [7, 11) is 0. The van der Waals surface area contributed by atoms with E-state index in [1.54, 1.807) is 24.5 Å². The number of pyridine rings is 1. The first-order valence-corrected chi connectivity index (χ1v) is 6.05. The van der Waals surface area contributed by atoms with Crippen molar-refractivity contribution in [1.82, 2.24) is 20.1 Å². The molecule has 0 aliphatic rings. The molecule has 0 atom stereocenters. The van der Waals surface area contributed by atoms with E-state index in [9.17, 15) is 9.59 Å². The Morgan fingerprint density at radius 2 is 2.28 bits per heavy atom. The Balaban J connectivity index is 1.95. The molecule has 0 bridgehead atoms. The zero-order valence-electron chi connectivity index (χ0n) is 9.39. The molecule has 2 aromatic heterocycles. The lowest BCUT2D eigenvalue weighted by Gasteiger charge is -2.06. The van der Waals surface area contributed by atoms with Gasteiger partial charge in [-0.25, -0.2) is 0 Å². The first-order chi connectivity index (χ1) is 8.65. The SMILES string of the molecule is O=C(Cn1cc(Br)ccc1=O)NCc1ccn[nH]1. The van der Waals surface area contributed by atoms with Crippen molar-refractivity contribution in [3.8, 4) is 0 Å². The lowest BCUT2D eigenvalue weighted by Crippen LogP contribution is -2.31. The fourth-order valence-corrected chi connectivity index (χ4v) is 1.79. The molecule has 0 aliphatic heterocycles. The monoisotopic (exact) mass is 310 g/mol. The molecule has 7 heteroatoms. The van der Waals surface area contributed by atoms with Gasteiger partial charge < -0.3 is 9.88 Å². The van der Waals surface area contributed by atoms with Gasteiger partial charge >= 0.3 is 0 Å². The second kappa shape index (κ2) is 5.63. The van der Waals surface area contributed by atoms with Crippen molar-refractivity contribution < 1.29 is 4.79 Å². The zero-order chi connectivity index (χ0) is 13.0. The van der Waals surface area contributed by atoms with Gasteiger partial charge in [0.15, 0.2) is 0 Å². The minimum atomic E-state index is -0.232. The Kier molecular flexibility index (Phi) is 3.93. The maximum Gasteiger partial charge on any atom is 0.251 e. The van der Waals surface area contributed by atoms with Crippen LogP contribution in [0.4, 0.5) is 0 Å². The molecule has 18 heavy (non-hydrogen) atoms. The molecule has 1 amide bonds. The van der Waals surface area contributed by atoms with Crippen molar-refractivity contribution in [3.05, 3.63) is 51.1 Å². The summed E-state index contributed by atoms with van der Waals surface area (Å²) in [6.07, 6.45) is 3.19. The van der Waals surface area contributed by atoms with Gasteiger partial charge in [0, 0.05) is 22.9 Å². The molecule has 0 spiro atoms. The number of nitrogens with one attached hydrogen (secondary N) is 2. The van der Waals surface area contributed by atoms with E-state index in [0.29, 0.717) is 6.54 Å². The number of carbonyl (C=O) groups excluding carboxylic acids is 1. The second-order valence-corrected chi connectivity index (χ2v) is 4.59. The Hall–Kier alpha value is -1.89. The van der Waals surface area contributed by atoms with E-state index in [1.807, 2.05) is 0 Å². The molecule has 0 aliphatic carbocycles. The molecule has 2 heterocycles. The van der Waals surface area contributed by atoms with Crippen LogP contribution in [0.1, 0.15) is 5.69 Å². The fraction of sp³-hybridized carbons (Fsp3) is 0.182. The summed E-state index contributed by atoms with van der Waals surface area (Å²) in [5.41, 5.74) is 0.597. The minimum Gasteiger partial charge on any atom is -0.349 e. The number of aromatic nitrogens is 3. The smallest absolute Gasteiger partial charge is 0.251 e. The average molecular weight is 311 g/mol. The predicted molar refractivity (Wildman–Crippen MR) is 68.8 cm³/mol. The minimum absolute atomic E-state index is 0.00753. The Morgan fingerprint density at radius 1 is 1.44 bits per heavy atom. The van der Waals surface area contributed by atoms with E-state index < -0.39 is 0 Å². The predicted octanol–water partition coefficient (Wildman–Crippen LogP) is 0.650. The van der Waals surface area contributed by atoms with E-state index >= 15 is 0 Å². The third-order valence-electron chi connectivity index (χ3n) is 2.30. The van der Waals surface area contributed by atoms with Crippen LogP contribution >= 0.6 is 15.9 Å². The molecule has 0 fully saturated rings. The van der Waals surface area contributed by atoms with E-state index in [1.165, 1.54) is 10.6 Å². The highest BCUT2D eigenvalue weighted by atomic mass is 79.9. The van der Waals surface area contributed by atoms with Gasteiger partial charge in [0.1, 0.15) is 6.54 Å². The average Bonchev–Trinajstić information content (AvgIpc) is 2.84. The van der Waals surface area contributed by atoms with Crippen LogP contribution in [0.2, 0.25) is 0 Å². The van der Waals surface area contributed by atoms with Gasteiger partial charge in [0.2, 0.25) is 5.91 Å². The van der Waals surface area contributed by atoms with Crippen LogP contribution in [-0.2, 0) is 17.9 Å². The van der Waals surface area contributed by atoms with Gasteiger partial charge in [0.25, 0.3) is 5.56 Å². The zero-order valence-corrected chi connectivity index (χ0v) is 11.0.